The van der Waals surface area contributed by atoms with Gasteiger partial charge in [-0.25, -0.2) is 0 Å². The number of aryl methyl sites for hydroxylation is 4. The number of nitrogens with zero attached hydrogens (tertiary/aromatic N) is 2. The normalized spacial score (nSPS) is 25.1. The third kappa shape index (κ3) is 8.68. The second kappa shape index (κ2) is 15.5. The van der Waals surface area contributed by atoms with Crippen molar-refractivity contribution in [2.24, 2.45) is 26.7 Å². The van der Waals surface area contributed by atoms with Gasteiger partial charge in [0.05, 0.1) is 3.57 Å². The summed E-state index contributed by atoms with van der Waals surface area (Å²) in [4.78, 5) is 4.11. The molecule has 3 nitrogen and oxygen atoms in total. The van der Waals surface area contributed by atoms with E-state index in [1.807, 2.05) is 26.0 Å². The van der Waals surface area contributed by atoms with Gasteiger partial charge in [-0.3, -0.25) is 0 Å². The second-order valence-electron chi connectivity index (χ2n) is 16.7. The minimum atomic E-state index is -0.214. The molecule has 3 aromatic rings. The number of hydrogen-bond donors (Lipinski definition) is 1. The van der Waals surface area contributed by atoms with Crippen molar-refractivity contribution in [1.29, 1.82) is 0 Å². The first-order chi connectivity index (χ1) is 22.8. The Bertz CT molecular complexity index is 1590. The smallest absolute Gasteiger partial charge is 0.137 e. The molecule has 4 bridgehead atoms. The molecule has 0 spiro atoms. The molecular weight excluding hydrogens is 898 g/mol. The van der Waals surface area contributed by atoms with Crippen LogP contribution in [0, 0.1) is 51.1 Å². The van der Waals surface area contributed by atoms with Crippen molar-refractivity contribution in [3.8, 4) is 16.9 Å². The van der Waals surface area contributed by atoms with Crippen molar-refractivity contribution in [2.45, 2.75) is 137 Å². The van der Waals surface area contributed by atoms with Crippen LogP contribution in [-0.2, 0) is 43.6 Å². The monoisotopic (exact) mass is 955 g/mol. The average Bonchev–Trinajstić information content (AvgIpc) is 3.40. The molecular formula is C42H55I2MoN2O-. The number of rotatable bonds is 2. The maximum atomic E-state index is 11.0. The molecule has 1 N–H and O–H groups in total. The standard InChI is InChI=1S/C21H22I2O.C10H15N.C6H8N.C5H10.Mo/c1-12-17(22)10-13-6-2-4-8-15(13)19(12)20-16-9-5-3-7-14(16)11-18(23)21(20)24;11-10-4-7-1-8(5-10)3-9(2-7)6-10;1-5-3-4-6(2)7-5;1-5(2,3)4;/h10-11,24H,2-9H2,1H3;7-9H,1-6H2;3-4H,1-2H3;1H,2-4H3;/q;;-1;;. The molecule has 0 radical (unpaired) electrons. The van der Waals surface area contributed by atoms with E-state index in [4.69, 9.17) is 3.50 Å². The van der Waals surface area contributed by atoms with Gasteiger partial charge in [0.25, 0.3) is 0 Å². The van der Waals surface area contributed by atoms with E-state index < -0.39 is 0 Å². The third-order valence-corrected chi connectivity index (χ3v) is 16.4. The SMILES string of the molecule is CC(C)(C)[CH]=[Mo]=[N]C12CC3CC(CC(C3)C1)C2.Cc1c(I)cc2c(c1-c1c(O)c(I)cc3c1CCCC3)CCCC2.Cc1ccc(C)[n-]1. The predicted octanol–water partition coefficient (Wildman–Crippen LogP) is 11.7. The number of halogens is 2. The molecule has 48 heavy (non-hydrogen) atoms. The van der Waals surface area contributed by atoms with Gasteiger partial charge in [0.2, 0.25) is 0 Å². The van der Waals surface area contributed by atoms with Crippen molar-refractivity contribution in [2.75, 3.05) is 0 Å². The number of fused-ring (bicyclic) bond motifs is 2. The van der Waals surface area contributed by atoms with Crippen LogP contribution in [0.5, 0.6) is 5.75 Å². The van der Waals surface area contributed by atoms with E-state index in [0.717, 1.165) is 57.5 Å². The Balaban J connectivity index is 0.000000145. The summed E-state index contributed by atoms with van der Waals surface area (Å²) in [7, 11) is 0. The maximum Gasteiger partial charge on any atom is 0.137 e. The Labute approximate surface area is 325 Å². The van der Waals surface area contributed by atoms with E-state index in [-0.39, 0.29) is 17.9 Å². The van der Waals surface area contributed by atoms with Crippen molar-refractivity contribution >= 4 is 49.6 Å². The number of hydrogen-bond acceptors (Lipinski definition) is 2. The number of aromatic nitrogens is 1. The fourth-order valence-electron chi connectivity index (χ4n) is 9.51. The predicted molar refractivity (Wildman–Crippen MR) is 215 cm³/mol. The summed E-state index contributed by atoms with van der Waals surface area (Å²) < 4.78 is 10.1. The van der Waals surface area contributed by atoms with Crippen LogP contribution in [0.2, 0.25) is 0 Å². The summed E-state index contributed by atoms with van der Waals surface area (Å²) in [5.74, 6) is 3.65. The van der Waals surface area contributed by atoms with Crippen LogP contribution in [0.4, 0.5) is 0 Å². The number of benzene rings is 2. The molecule has 0 aliphatic heterocycles. The van der Waals surface area contributed by atoms with Crippen LogP contribution >= 0.6 is 45.2 Å². The van der Waals surface area contributed by atoms with Crippen LogP contribution in [0.25, 0.3) is 11.1 Å². The Morgan fingerprint density at radius 1 is 0.771 bits per heavy atom. The van der Waals surface area contributed by atoms with Crippen LogP contribution in [-0.4, -0.2) is 15.0 Å². The molecule has 4 fully saturated rings. The minimum Gasteiger partial charge on any atom is -0.665 e. The van der Waals surface area contributed by atoms with E-state index in [1.165, 1.54) is 108 Å². The summed E-state index contributed by atoms with van der Waals surface area (Å²) in [6.45, 7) is 13.2. The largest absolute Gasteiger partial charge is 0.665 e. The summed E-state index contributed by atoms with van der Waals surface area (Å²) >= 11 is 4.57. The summed E-state index contributed by atoms with van der Waals surface area (Å²) in [6.07, 6.45) is 18.6. The minimum absolute atomic E-state index is 0.214. The summed E-state index contributed by atoms with van der Waals surface area (Å²) in [6, 6.07) is 8.61. The van der Waals surface area contributed by atoms with Gasteiger partial charge in [0, 0.05) is 9.13 Å². The van der Waals surface area contributed by atoms with Crippen LogP contribution in [0.3, 0.4) is 0 Å². The fourth-order valence-corrected chi connectivity index (χ4v) is 12.8. The zero-order valence-corrected chi connectivity index (χ0v) is 36.3. The van der Waals surface area contributed by atoms with Crippen molar-refractivity contribution < 1.29 is 23.0 Å². The Morgan fingerprint density at radius 2 is 1.25 bits per heavy atom. The first kappa shape index (κ1) is 37.1. The number of aromatic hydroxyl groups is 1. The molecule has 2 aromatic carbocycles. The molecule has 1 heterocycles. The zero-order chi connectivity index (χ0) is 34.2. The van der Waals surface area contributed by atoms with Gasteiger partial charge in [-0.1, -0.05) is 26.0 Å². The van der Waals surface area contributed by atoms with Crippen LogP contribution in [0.1, 0.15) is 124 Å². The van der Waals surface area contributed by atoms with Crippen LogP contribution in [0.15, 0.2) is 27.8 Å². The molecule has 6 aliphatic carbocycles. The van der Waals surface area contributed by atoms with Gasteiger partial charge in [0.15, 0.2) is 0 Å². The Kier molecular flexibility index (Phi) is 12.0. The third-order valence-electron chi connectivity index (χ3n) is 11.2. The van der Waals surface area contributed by atoms with Gasteiger partial charge in [-0.05, 0) is 149 Å². The molecule has 0 saturated heterocycles. The van der Waals surface area contributed by atoms with Crippen LogP contribution < -0.4 is 4.98 Å². The maximum absolute atomic E-state index is 11.0. The molecule has 6 heteroatoms. The van der Waals surface area contributed by atoms with Crippen molar-refractivity contribution in [3.63, 3.8) is 0 Å². The quantitative estimate of drug-likeness (QED) is 0.206. The van der Waals surface area contributed by atoms with Gasteiger partial charge in [0.1, 0.15) is 5.75 Å². The molecule has 260 valence electrons. The number of phenols is 1. The zero-order valence-electron chi connectivity index (χ0n) is 30.0. The molecule has 1 aromatic heterocycles. The van der Waals surface area contributed by atoms with E-state index >= 15 is 0 Å². The van der Waals surface area contributed by atoms with Gasteiger partial charge < -0.3 is 10.1 Å². The molecule has 9 rings (SSSR count). The second-order valence-corrected chi connectivity index (χ2v) is 20.6. The number of phenolic OH excluding ortho intramolecular Hbond substituents is 1. The summed E-state index contributed by atoms with van der Waals surface area (Å²) in [5.41, 5.74) is 12.8. The Hall–Kier alpha value is -0.662. The molecule has 0 amide bonds. The van der Waals surface area contributed by atoms with Crippen molar-refractivity contribution in [1.82, 2.24) is 4.98 Å². The fraction of sp³-hybridized carbons (Fsp3) is 0.595. The van der Waals surface area contributed by atoms with Crippen molar-refractivity contribution in [3.05, 3.63) is 70.6 Å². The van der Waals surface area contributed by atoms with E-state index in [1.54, 1.807) is 0 Å². The molecule has 6 aliphatic rings. The Morgan fingerprint density at radius 3 is 1.73 bits per heavy atom. The molecule has 0 unspecified atom stereocenters. The first-order valence-electron chi connectivity index (χ1n) is 18.4. The average molecular weight is 954 g/mol. The topological polar surface area (TPSA) is 46.7 Å². The van der Waals surface area contributed by atoms with Gasteiger partial charge in [-0.2, -0.15) is 11.4 Å². The summed E-state index contributed by atoms with van der Waals surface area (Å²) in [5, 5.41) is 11.0. The molecule has 0 atom stereocenters. The van der Waals surface area contributed by atoms with Gasteiger partial charge in [-0.15, -0.1) is 0 Å². The first-order valence-corrected chi connectivity index (χ1v) is 22.7. The van der Waals surface area contributed by atoms with Gasteiger partial charge >= 0.3 is 114 Å². The van der Waals surface area contributed by atoms with E-state index in [2.05, 4.69) is 94.4 Å². The molecule has 4 saturated carbocycles. The van der Waals surface area contributed by atoms with E-state index in [9.17, 15) is 5.11 Å². The van der Waals surface area contributed by atoms with E-state index in [0.29, 0.717) is 16.7 Å².